The molecule has 114 valence electrons. The standard InChI is InChI=1S/C12H20O6P2/c1-6-10-8-7-9-11(19(13,15-2)16-3)12(10)20(14,17-4)18-5/h7-9H,6H2,1-5H3. The molecule has 0 spiro atoms. The average Bonchev–Trinajstić information content (AvgIpc) is 2.52. The van der Waals surface area contributed by atoms with Gasteiger partial charge in [0.05, 0.1) is 10.6 Å². The van der Waals surface area contributed by atoms with Crippen LogP contribution < -0.4 is 10.6 Å². The molecule has 0 saturated carbocycles. The van der Waals surface area contributed by atoms with Crippen LogP contribution in [0.4, 0.5) is 0 Å². The maximum absolute atomic E-state index is 12.8. The predicted octanol–water partition coefficient (Wildman–Crippen LogP) is 2.47. The van der Waals surface area contributed by atoms with Crippen molar-refractivity contribution in [2.45, 2.75) is 13.3 Å². The number of hydrogen-bond donors (Lipinski definition) is 0. The van der Waals surface area contributed by atoms with E-state index in [1.165, 1.54) is 28.4 Å². The molecule has 0 saturated heterocycles. The van der Waals surface area contributed by atoms with Gasteiger partial charge in [0.1, 0.15) is 0 Å². The zero-order chi connectivity index (χ0) is 15.4. The van der Waals surface area contributed by atoms with Crippen LogP contribution in [-0.4, -0.2) is 28.4 Å². The van der Waals surface area contributed by atoms with Crippen LogP contribution in [0.15, 0.2) is 18.2 Å². The summed E-state index contributed by atoms with van der Waals surface area (Å²) >= 11 is 0. The fraction of sp³-hybridized carbons (Fsp3) is 0.500. The summed E-state index contributed by atoms with van der Waals surface area (Å²) in [6, 6.07) is 5.03. The SMILES string of the molecule is CCc1cccc(P(=O)(OC)OC)c1P(=O)(OC)OC. The molecule has 0 aliphatic rings. The van der Waals surface area contributed by atoms with Crippen molar-refractivity contribution in [1.82, 2.24) is 0 Å². The highest BCUT2D eigenvalue weighted by Crippen LogP contribution is 2.52. The Labute approximate surface area is 119 Å². The third-order valence-electron chi connectivity index (χ3n) is 3.01. The monoisotopic (exact) mass is 322 g/mol. The van der Waals surface area contributed by atoms with Crippen LogP contribution in [0.3, 0.4) is 0 Å². The molecule has 0 aliphatic carbocycles. The van der Waals surface area contributed by atoms with Crippen molar-refractivity contribution in [2.75, 3.05) is 28.4 Å². The van der Waals surface area contributed by atoms with Gasteiger partial charge in [0, 0.05) is 28.4 Å². The van der Waals surface area contributed by atoms with Gasteiger partial charge in [-0.1, -0.05) is 19.1 Å². The third kappa shape index (κ3) is 3.06. The zero-order valence-electron chi connectivity index (χ0n) is 12.3. The van der Waals surface area contributed by atoms with Gasteiger partial charge in [0.25, 0.3) is 0 Å². The maximum Gasteiger partial charge on any atom is 0.362 e. The molecule has 1 aromatic carbocycles. The molecule has 0 amide bonds. The Morgan fingerprint density at radius 1 is 0.900 bits per heavy atom. The van der Waals surface area contributed by atoms with Gasteiger partial charge in [-0.05, 0) is 18.1 Å². The Kier molecular flexibility index (Phi) is 6.14. The summed E-state index contributed by atoms with van der Waals surface area (Å²) in [4.78, 5) is 0. The van der Waals surface area contributed by atoms with E-state index in [9.17, 15) is 9.13 Å². The Hall–Kier alpha value is -0.480. The highest BCUT2D eigenvalue weighted by molar-refractivity contribution is 7.68. The van der Waals surface area contributed by atoms with Crippen molar-refractivity contribution >= 4 is 25.8 Å². The summed E-state index contributed by atoms with van der Waals surface area (Å²) < 4.78 is 45.5. The van der Waals surface area contributed by atoms with Crippen LogP contribution >= 0.6 is 15.2 Å². The molecule has 0 radical (unpaired) electrons. The Balaban J connectivity index is 3.71. The summed E-state index contributed by atoms with van der Waals surface area (Å²) in [6.07, 6.45) is 0.577. The van der Waals surface area contributed by atoms with Crippen molar-refractivity contribution in [1.29, 1.82) is 0 Å². The number of aryl methyl sites for hydroxylation is 1. The van der Waals surface area contributed by atoms with Crippen LogP contribution in [0.5, 0.6) is 0 Å². The molecule has 0 aromatic heterocycles. The average molecular weight is 322 g/mol. The minimum Gasteiger partial charge on any atom is -0.309 e. The van der Waals surface area contributed by atoms with E-state index in [1.807, 2.05) is 6.92 Å². The molecule has 0 N–H and O–H groups in total. The number of benzene rings is 1. The molecule has 0 atom stereocenters. The van der Waals surface area contributed by atoms with Gasteiger partial charge in [0.2, 0.25) is 0 Å². The summed E-state index contributed by atoms with van der Waals surface area (Å²) in [7, 11) is -2.03. The molecule has 20 heavy (non-hydrogen) atoms. The molecule has 0 unspecified atom stereocenters. The molecule has 0 aliphatic heterocycles. The second-order valence-corrected chi connectivity index (χ2v) is 8.24. The van der Waals surface area contributed by atoms with E-state index >= 15 is 0 Å². The molecule has 1 aromatic rings. The van der Waals surface area contributed by atoms with E-state index in [0.717, 1.165) is 0 Å². The smallest absolute Gasteiger partial charge is 0.309 e. The maximum atomic E-state index is 12.8. The molecule has 0 bridgehead atoms. The fourth-order valence-electron chi connectivity index (χ4n) is 1.93. The number of hydrogen-bond acceptors (Lipinski definition) is 6. The summed E-state index contributed by atoms with van der Waals surface area (Å²) in [5.41, 5.74) is 0.712. The highest BCUT2D eigenvalue weighted by Gasteiger charge is 2.38. The molecule has 8 heteroatoms. The normalized spacial score (nSPS) is 12.7. The molecule has 0 fully saturated rings. The quantitative estimate of drug-likeness (QED) is 0.718. The van der Waals surface area contributed by atoms with E-state index in [-0.39, 0.29) is 10.6 Å². The van der Waals surface area contributed by atoms with E-state index in [1.54, 1.807) is 18.2 Å². The lowest BCUT2D eigenvalue weighted by Gasteiger charge is -2.23. The topological polar surface area (TPSA) is 71.1 Å². The van der Waals surface area contributed by atoms with Gasteiger partial charge in [0.15, 0.2) is 0 Å². The Bertz CT molecular complexity index is 541. The highest BCUT2D eigenvalue weighted by atomic mass is 31.2. The second-order valence-electron chi connectivity index (χ2n) is 3.86. The fourth-order valence-corrected chi connectivity index (χ4v) is 5.33. The molecular weight excluding hydrogens is 302 g/mol. The summed E-state index contributed by atoms with van der Waals surface area (Å²) in [5.74, 6) is 0. The minimum atomic E-state index is -3.58. The van der Waals surface area contributed by atoms with Crippen LogP contribution in [0.2, 0.25) is 0 Å². The first kappa shape index (κ1) is 17.6. The van der Waals surface area contributed by atoms with Crippen molar-refractivity contribution in [3.8, 4) is 0 Å². The van der Waals surface area contributed by atoms with Crippen molar-refractivity contribution in [3.63, 3.8) is 0 Å². The lowest BCUT2D eigenvalue weighted by atomic mass is 10.2. The van der Waals surface area contributed by atoms with Gasteiger partial charge in [-0.15, -0.1) is 0 Å². The van der Waals surface area contributed by atoms with Crippen LogP contribution in [0.25, 0.3) is 0 Å². The first-order chi connectivity index (χ1) is 9.42. The first-order valence-corrected chi connectivity index (χ1v) is 9.07. The zero-order valence-corrected chi connectivity index (χ0v) is 14.1. The molecule has 6 nitrogen and oxygen atoms in total. The molecule has 1 rings (SSSR count). The van der Waals surface area contributed by atoms with Crippen LogP contribution in [-0.2, 0) is 33.6 Å². The molecule has 0 heterocycles. The van der Waals surface area contributed by atoms with Crippen LogP contribution in [0.1, 0.15) is 12.5 Å². The second kappa shape index (κ2) is 6.99. The van der Waals surface area contributed by atoms with Crippen molar-refractivity contribution in [2.24, 2.45) is 0 Å². The van der Waals surface area contributed by atoms with Gasteiger partial charge >= 0.3 is 15.2 Å². The van der Waals surface area contributed by atoms with Gasteiger partial charge in [-0.25, -0.2) is 0 Å². The van der Waals surface area contributed by atoms with Crippen molar-refractivity contribution < 1.29 is 27.2 Å². The summed E-state index contributed by atoms with van der Waals surface area (Å²) in [5, 5.41) is 0.452. The molecular formula is C12H20O6P2. The van der Waals surface area contributed by atoms with E-state index in [2.05, 4.69) is 0 Å². The van der Waals surface area contributed by atoms with E-state index in [0.29, 0.717) is 12.0 Å². The Morgan fingerprint density at radius 3 is 1.80 bits per heavy atom. The van der Waals surface area contributed by atoms with Gasteiger partial charge < -0.3 is 18.1 Å². The number of rotatable bonds is 7. The lowest BCUT2D eigenvalue weighted by Crippen LogP contribution is -2.30. The third-order valence-corrected chi connectivity index (χ3v) is 7.15. The largest absolute Gasteiger partial charge is 0.362 e. The Morgan fingerprint density at radius 2 is 1.40 bits per heavy atom. The first-order valence-electron chi connectivity index (χ1n) is 5.98. The van der Waals surface area contributed by atoms with E-state index in [4.69, 9.17) is 18.1 Å². The summed E-state index contributed by atoms with van der Waals surface area (Å²) in [6.45, 7) is 1.89. The van der Waals surface area contributed by atoms with E-state index < -0.39 is 15.2 Å². The van der Waals surface area contributed by atoms with Gasteiger partial charge in [-0.2, -0.15) is 0 Å². The lowest BCUT2D eigenvalue weighted by molar-refractivity contribution is 0.283. The van der Waals surface area contributed by atoms with Crippen LogP contribution in [0, 0.1) is 0 Å². The van der Waals surface area contributed by atoms with Crippen molar-refractivity contribution in [3.05, 3.63) is 23.8 Å². The predicted molar refractivity (Wildman–Crippen MR) is 78.3 cm³/mol. The minimum absolute atomic E-state index is 0.203. The van der Waals surface area contributed by atoms with Gasteiger partial charge in [-0.3, -0.25) is 9.13 Å².